The van der Waals surface area contributed by atoms with E-state index in [1.54, 1.807) is 18.2 Å². The van der Waals surface area contributed by atoms with Crippen molar-refractivity contribution in [1.29, 1.82) is 0 Å². The first-order chi connectivity index (χ1) is 8.22. The summed E-state index contributed by atoms with van der Waals surface area (Å²) >= 11 is 5.81. The molecule has 0 unspecified atom stereocenters. The molecule has 0 bridgehead atoms. The highest BCUT2D eigenvalue weighted by molar-refractivity contribution is 6.30. The second kappa shape index (κ2) is 7.87. The molecular weight excluding hydrogens is 240 g/mol. The van der Waals surface area contributed by atoms with Gasteiger partial charge in [0.1, 0.15) is 6.61 Å². The smallest absolute Gasteiger partial charge is 0.330 e. The maximum Gasteiger partial charge on any atom is 0.330 e. The van der Waals surface area contributed by atoms with Crippen LogP contribution in [0, 0.1) is 0 Å². The van der Waals surface area contributed by atoms with Crippen LogP contribution in [0.4, 0.5) is 0 Å². The maximum atomic E-state index is 11.3. The van der Waals surface area contributed by atoms with Crippen molar-refractivity contribution >= 4 is 23.6 Å². The van der Waals surface area contributed by atoms with E-state index in [0.29, 0.717) is 18.2 Å². The standard InChI is InChI=1S/C13H15ClO3/c1-2-16-8-9-17-13(15)7-6-11-4-3-5-12(14)10-11/h3-7,10H,2,8-9H2,1H3. The fourth-order valence-corrected chi connectivity index (χ4v) is 1.37. The Labute approximate surface area is 106 Å². The Morgan fingerprint density at radius 1 is 1.41 bits per heavy atom. The first-order valence-electron chi connectivity index (χ1n) is 5.40. The fourth-order valence-electron chi connectivity index (χ4n) is 1.17. The van der Waals surface area contributed by atoms with Gasteiger partial charge in [-0.25, -0.2) is 4.79 Å². The molecule has 0 fully saturated rings. The van der Waals surface area contributed by atoms with Gasteiger partial charge >= 0.3 is 5.97 Å². The highest BCUT2D eigenvalue weighted by Gasteiger charge is 1.96. The van der Waals surface area contributed by atoms with Crippen LogP contribution in [0.1, 0.15) is 12.5 Å². The number of carbonyl (C=O) groups is 1. The zero-order valence-corrected chi connectivity index (χ0v) is 10.4. The van der Waals surface area contributed by atoms with Crippen molar-refractivity contribution in [2.45, 2.75) is 6.92 Å². The van der Waals surface area contributed by atoms with Crippen molar-refractivity contribution in [3.8, 4) is 0 Å². The molecule has 0 radical (unpaired) electrons. The monoisotopic (exact) mass is 254 g/mol. The van der Waals surface area contributed by atoms with Crippen LogP contribution in [-0.2, 0) is 14.3 Å². The minimum absolute atomic E-state index is 0.270. The molecule has 0 spiro atoms. The van der Waals surface area contributed by atoms with Crippen LogP contribution in [0.15, 0.2) is 30.3 Å². The average Bonchev–Trinajstić information content (AvgIpc) is 2.32. The summed E-state index contributed by atoms with van der Waals surface area (Å²) in [5.74, 6) is -0.385. The molecule has 1 aromatic rings. The van der Waals surface area contributed by atoms with Crippen LogP contribution in [0.2, 0.25) is 5.02 Å². The van der Waals surface area contributed by atoms with Crippen LogP contribution < -0.4 is 0 Å². The molecule has 0 heterocycles. The molecule has 0 aromatic heterocycles. The quantitative estimate of drug-likeness (QED) is 0.445. The lowest BCUT2D eigenvalue weighted by molar-refractivity contribution is -0.139. The molecule has 0 aliphatic carbocycles. The van der Waals surface area contributed by atoms with Gasteiger partial charge in [-0.15, -0.1) is 0 Å². The van der Waals surface area contributed by atoms with Crippen LogP contribution in [-0.4, -0.2) is 25.8 Å². The van der Waals surface area contributed by atoms with E-state index >= 15 is 0 Å². The second-order valence-corrected chi connectivity index (χ2v) is 3.69. The van der Waals surface area contributed by atoms with Crippen molar-refractivity contribution < 1.29 is 14.3 Å². The van der Waals surface area contributed by atoms with Gasteiger partial charge in [0.15, 0.2) is 0 Å². The molecule has 1 aromatic carbocycles. The molecule has 1 rings (SSSR count). The van der Waals surface area contributed by atoms with Gasteiger partial charge in [-0.1, -0.05) is 23.7 Å². The summed E-state index contributed by atoms with van der Waals surface area (Å²) < 4.78 is 9.96. The Morgan fingerprint density at radius 2 is 2.24 bits per heavy atom. The number of hydrogen-bond donors (Lipinski definition) is 0. The van der Waals surface area contributed by atoms with E-state index in [1.165, 1.54) is 6.08 Å². The number of benzene rings is 1. The predicted molar refractivity (Wildman–Crippen MR) is 67.9 cm³/mol. The fraction of sp³-hybridized carbons (Fsp3) is 0.308. The first kappa shape index (κ1) is 13.7. The van der Waals surface area contributed by atoms with E-state index in [4.69, 9.17) is 21.1 Å². The summed E-state index contributed by atoms with van der Waals surface area (Å²) in [6.45, 7) is 3.20. The van der Waals surface area contributed by atoms with Gasteiger partial charge in [-0.05, 0) is 30.7 Å². The van der Waals surface area contributed by atoms with E-state index in [0.717, 1.165) is 5.56 Å². The minimum atomic E-state index is -0.385. The summed E-state index contributed by atoms with van der Waals surface area (Å²) in [6.07, 6.45) is 3.03. The van der Waals surface area contributed by atoms with Crippen LogP contribution >= 0.6 is 11.6 Å². The molecule has 92 valence electrons. The highest BCUT2D eigenvalue weighted by Crippen LogP contribution is 2.11. The predicted octanol–water partition coefficient (Wildman–Crippen LogP) is 2.93. The molecule has 0 atom stereocenters. The lowest BCUT2D eigenvalue weighted by Crippen LogP contribution is -2.08. The van der Waals surface area contributed by atoms with E-state index < -0.39 is 0 Å². The molecule has 0 amide bonds. The molecule has 4 heteroatoms. The van der Waals surface area contributed by atoms with Gasteiger partial charge in [-0.2, -0.15) is 0 Å². The Balaban J connectivity index is 2.35. The Bertz CT molecular complexity index is 388. The van der Waals surface area contributed by atoms with Crippen molar-refractivity contribution in [2.24, 2.45) is 0 Å². The topological polar surface area (TPSA) is 35.5 Å². The first-order valence-corrected chi connectivity index (χ1v) is 5.78. The van der Waals surface area contributed by atoms with E-state index in [2.05, 4.69) is 0 Å². The molecule has 17 heavy (non-hydrogen) atoms. The van der Waals surface area contributed by atoms with Crippen molar-refractivity contribution in [1.82, 2.24) is 0 Å². The van der Waals surface area contributed by atoms with Gasteiger partial charge < -0.3 is 9.47 Å². The van der Waals surface area contributed by atoms with Gasteiger partial charge in [0, 0.05) is 17.7 Å². The zero-order chi connectivity index (χ0) is 12.5. The lowest BCUT2D eigenvalue weighted by atomic mass is 10.2. The number of rotatable bonds is 6. The summed E-state index contributed by atoms with van der Waals surface area (Å²) in [5, 5.41) is 0.636. The highest BCUT2D eigenvalue weighted by atomic mass is 35.5. The maximum absolute atomic E-state index is 11.3. The van der Waals surface area contributed by atoms with Crippen molar-refractivity contribution in [3.05, 3.63) is 40.9 Å². The Kier molecular flexibility index (Phi) is 6.37. The van der Waals surface area contributed by atoms with Gasteiger partial charge in [0.2, 0.25) is 0 Å². The van der Waals surface area contributed by atoms with Gasteiger partial charge in [0.25, 0.3) is 0 Å². The number of ether oxygens (including phenoxy) is 2. The van der Waals surface area contributed by atoms with E-state index in [9.17, 15) is 4.79 Å². The summed E-state index contributed by atoms with van der Waals surface area (Å²) in [4.78, 5) is 11.3. The molecule has 3 nitrogen and oxygen atoms in total. The average molecular weight is 255 g/mol. The SMILES string of the molecule is CCOCCOC(=O)C=Cc1cccc(Cl)c1. The third-order valence-electron chi connectivity index (χ3n) is 1.94. The molecule has 0 N–H and O–H groups in total. The Morgan fingerprint density at radius 3 is 2.94 bits per heavy atom. The van der Waals surface area contributed by atoms with E-state index in [-0.39, 0.29) is 12.6 Å². The molecule has 0 saturated heterocycles. The molecular formula is C13H15ClO3. The van der Waals surface area contributed by atoms with Crippen LogP contribution in [0.5, 0.6) is 0 Å². The largest absolute Gasteiger partial charge is 0.460 e. The third kappa shape index (κ3) is 6.09. The number of esters is 1. The lowest BCUT2D eigenvalue weighted by Gasteiger charge is -2.01. The third-order valence-corrected chi connectivity index (χ3v) is 2.17. The summed E-state index contributed by atoms with van der Waals surface area (Å²) in [6, 6.07) is 7.23. The van der Waals surface area contributed by atoms with Crippen molar-refractivity contribution in [3.63, 3.8) is 0 Å². The van der Waals surface area contributed by atoms with Crippen LogP contribution in [0.3, 0.4) is 0 Å². The van der Waals surface area contributed by atoms with Gasteiger partial charge in [0.05, 0.1) is 6.61 Å². The summed E-state index contributed by atoms with van der Waals surface area (Å²) in [5.41, 5.74) is 0.860. The summed E-state index contributed by atoms with van der Waals surface area (Å²) in [7, 11) is 0. The molecule has 0 aliphatic heterocycles. The zero-order valence-electron chi connectivity index (χ0n) is 9.69. The normalized spacial score (nSPS) is 10.7. The minimum Gasteiger partial charge on any atom is -0.460 e. The van der Waals surface area contributed by atoms with Crippen molar-refractivity contribution in [2.75, 3.05) is 19.8 Å². The number of carbonyl (C=O) groups excluding carboxylic acids is 1. The molecule has 0 saturated carbocycles. The molecule has 0 aliphatic rings. The Hall–Kier alpha value is -1.32. The second-order valence-electron chi connectivity index (χ2n) is 3.25. The van der Waals surface area contributed by atoms with Gasteiger partial charge in [-0.3, -0.25) is 0 Å². The van der Waals surface area contributed by atoms with E-state index in [1.807, 2.05) is 19.1 Å². The van der Waals surface area contributed by atoms with Crippen LogP contribution in [0.25, 0.3) is 6.08 Å². The number of hydrogen-bond acceptors (Lipinski definition) is 3. The number of halogens is 1.